The van der Waals surface area contributed by atoms with E-state index in [1.165, 1.54) is 25.7 Å². The molecule has 1 aliphatic heterocycles. The minimum absolute atomic E-state index is 0.690. The molecule has 0 aliphatic carbocycles. The number of anilines is 2. The first-order valence-corrected chi connectivity index (χ1v) is 8.12. The maximum atomic E-state index is 5.89. The van der Waals surface area contributed by atoms with E-state index in [9.17, 15) is 0 Å². The topological polar surface area (TPSA) is 53.9 Å². The Morgan fingerprint density at radius 1 is 1.05 bits per heavy atom. The zero-order valence-electron chi connectivity index (χ0n) is 12.5. The van der Waals surface area contributed by atoms with Gasteiger partial charge in [0.1, 0.15) is 0 Å². The number of hydrogen-bond acceptors (Lipinski definition) is 5. The largest absolute Gasteiger partial charge is 0.365 e. The monoisotopic (exact) mass is 317 g/mol. The van der Waals surface area contributed by atoms with E-state index in [-0.39, 0.29) is 0 Å². The lowest BCUT2D eigenvalue weighted by atomic mass is 10.2. The van der Waals surface area contributed by atoms with Crippen LogP contribution in [0.4, 0.5) is 11.8 Å². The van der Waals surface area contributed by atoms with Crippen LogP contribution in [0.15, 0.2) is 30.5 Å². The molecule has 0 atom stereocenters. The Balaban J connectivity index is 1.64. The van der Waals surface area contributed by atoms with E-state index >= 15 is 0 Å². The average molecular weight is 318 g/mol. The standard InChI is InChI=1S/C16H20ClN5/c17-14-7-5-13(6-8-14)11-18-15-12-19-21-16(20-15)22-9-3-1-2-4-10-22/h5-8,12H,1-4,9-11H2,(H,18,20,21). The smallest absolute Gasteiger partial charge is 0.247 e. The molecular formula is C16H20ClN5. The summed E-state index contributed by atoms with van der Waals surface area (Å²) in [6.45, 7) is 2.72. The van der Waals surface area contributed by atoms with Crippen molar-refractivity contribution < 1.29 is 0 Å². The van der Waals surface area contributed by atoms with Gasteiger partial charge in [-0.15, -0.1) is 5.10 Å². The minimum Gasteiger partial charge on any atom is -0.365 e. The highest BCUT2D eigenvalue weighted by atomic mass is 35.5. The summed E-state index contributed by atoms with van der Waals surface area (Å²) < 4.78 is 0. The van der Waals surface area contributed by atoms with E-state index in [0.717, 1.165) is 35.4 Å². The van der Waals surface area contributed by atoms with Gasteiger partial charge in [-0.25, -0.2) is 0 Å². The Bertz CT molecular complexity index is 594. The number of nitrogens with one attached hydrogen (secondary N) is 1. The fourth-order valence-electron chi connectivity index (χ4n) is 2.58. The Labute approximate surface area is 135 Å². The molecule has 0 amide bonds. The molecule has 1 aromatic carbocycles. The quantitative estimate of drug-likeness (QED) is 0.935. The lowest BCUT2D eigenvalue weighted by molar-refractivity contribution is 0.726. The summed E-state index contributed by atoms with van der Waals surface area (Å²) in [7, 11) is 0. The van der Waals surface area contributed by atoms with Gasteiger partial charge in [-0.2, -0.15) is 10.1 Å². The molecule has 0 spiro atoms. The lowest BCUT2D eigenvalue weighted by Crippen LogP contribution is -2.26. The van der Waals surface area contributed by atoms with Crippen LogP contribution in [0, 0.1) is 0 Å². The number of benzene rings is 1. The van der Waals surface area contributed by atoms with Gasteiger partial charge in [0.2, 0.25) is 5.95 Å². The molecule has 1 saturated heterocycles. The molecule has 1 aliphatic rings. The first-order valence-electron chi connectivity index (χ1n) is 7.74. The molecule has 116 valence electrons. The molecule has 6 heteroatoms. The third-order valence-corrected chi connectivity index (χ3v) is 4.08. The van der Waals surface area contributed by atoms with E-state index in [4.69, 9.17) is 11.6 Å². The third kappa shape index (κ3) is 4.07. The Morgan fingerprint density at radius 2 is 1.77 bits per heavy atom. The highest BCUT2D eigenvalue weighted by molar-refractivity contribution is 6.30. The van der Waals surface area contributed by atoms with Crippen molar-refractivity contribution in [3.63, 3.8) is 0 Å². The van der Waals surface area contributed by atoms with Gasteiger partial charge in [-0.1, -0.05) is 36.6 Å². The third-order valence-electron chi connectivity index (χ3n) is 3.82. The highest BCUT2D eigenvalue weighted by Crippen LogP contribution is 2.16. The van der Waals surface area contributed by atoms with Gasteiger partial charge in [0.25, 0.3) is 0 Å². The van der Waals surface area contributed by atoms with E-state index in [2.05, 4.69) is 25.4 Å². The molecule has 5 nitrogen and oxygen atoms in total. The van der Waals surface area contributed by atoms with Crippen molar-refractivity contribution in [2.75, 3.05) is 23.3 Å². The Morgan fingerprint density at radius 3 is 2.50 bits per heavy atom. The number of aromatic nitrogens is 3. The van der Waals surface area contributed by atoms with Gasteiger partial charge >= 0.3 is 0 Å². The molecule has 2 aromatic rings. The van der Waals surface area contributed by atoms with Crippen molar-refractivity contribution in [3.05, 3.63) is 41.0 Å². The van der Waals surface area contributed by atoms with Crippen molar-refractivity contribution in [1.29, 1.82) is 0 Å². The molecule has 0 saturated carbocycles. The van der Waals surface area contributed by atoms with Gasteiger partial charge in [0, 0.05) is 24.7 Å². The van der Waals surface area contributed by atoms with Gasteiger partial charge in [0.15, 0.2) is 5.82 Å². The van der Waals surface area contributed by atoms with Gasteiger partial charge in [-0.3, -0.25) is 0 Å². The maximum absolute atomic E-state index is 5.89. The first-order chi connectivity index (χ1) is 10.8. The number of halogens is 1. The fourth-order valence-corrected chi connectivity index (χ4v) is 2.70. The van der Waals surface area contributed by atoms with Gasteiger partial charge in [0.05, 0.1) is 6.20 Å². The lowest BCUT2D eigenvalue weighted by Gasteiger charge is -2.19. The summed E-state index contributed by atoms with van der Waals surface area (Å²) >= 11 is 5.89. The second-order valence-electron chi connectivity index (χ2n) is 5.52. The van der Waals surface area contributed by atoms with Crippen LogP contribution in [0.2, 0.25) is 5.02 Å². The number of rotatable bonds is 4. The van der Waals surface area contributed by atoms with Gasteiger partial charge in [-0.05, 0) is 30.5 Å². The highest BCUT2D eigenvalue weighted by Gasteiger charge is 2.13. The number of hydrogen-bond donors (Lipinski definition) is 1. The first kappa shape index (κ1) is 15.0. The van der Waals surface area contributed by atoms with Crippen molar-refractivity contribution in [2.45, 2.75) is 32.2 Å². The van der Waals surface area contributed by atoms with Crippen LogP contribution in [-0.2, 0) is 6.54 Å². The molecule has 0 unspecified atom stereocenters. The predicted molar refractivity (Wildman–Crippen MR) is 89.3 cm³/mol. The molecule has 1 N–H and O–H groups in total. The number of nitrogens with zero attached hydrogens (tertiary/aromatic N) is 4. The maximum Gasteiger partial charge on any atom is 0.247 e. The molecule has 1 aromatic heterocycles. The molecular weight excluding hydrogens is 298 g/mol. The summed E-state index contributed by atoms with van der Waals surface area (Å²) in [5, 5.41) is 12.3. The fraction of sp³-hybridized carbons (Fsp3) is 0.438. The van der Waals surface area contributed by atoms with Crippen molar-refractivity contribution in [1.82, 2.24) is 15.2 Å². The van der Waals surface area contributed by atoms with Gasteiger partial charge < -0.3 is 10.2 Å². The Kier molecular flexibility index (Phi) is 5.06. The van der Waals surface area contributed by atoms with Crippen LogP contribution in [-0.4, -0.2) is 28.3 Å². The van der Waals surface area contributed by atoms with E-state index < -0.39 is 0 Å². The second kappa shape index (κ2) is 7.40. The van der Waals surface area contributed by atoms with E-state index in [1.807, 2.05) is 24.3 Å². The summed E-state index contributed by atoms with van der Waals surface area (Å²) in [5.74, 6) is 1.48. The minimum atomic E-state index is 0.690. The predicted octanol–water partition coefficient (Wildman–Crippen LogP) is 3.52. The molecule has 0 radical (unpaired) electrons. The summed E-state index contributed by atoms with van der Waals surface area (Å²) in [4.78, 5) is 6.82. The van der Waals surface area contributed by atoms with E-state index in [0.29, 0.717) is 6.54 Å². The molecule has 3 rings (SSSR count). The molecule has 22 heavy (non-hydrogen) atoms. The van der Waals surface area contributed by atoms with Crippen molar-refractivity contribution >= 4 is 23.4 Å². The van der Waals surface area contributed by atoms with Crippen LogP contribution in [0.5, 0.6) is 0 Å². The van der Waals surface area contributed by atoms with Crippen LogP contribution >= 0.6 is 11.6 Å². The van der Waals surface area contributed by atoms with Crippen LogP contribution in [0.3, 0.4) is 0 Å². The zero-order chi connectivity index (χ0) is 15.2. The van der Waals surface area contributed by atoms with Crippen LogP contribution < -0.4 is 10.2 Å². The Hall–Kier alpha value is -1.88. The van der Waals surface area contributed by atoms with Crippen LogP contribution in [0.25, 0.3) is 0 Å². The average Bonchev–Trinajstić information content (AvgIpc) is 2.84. The molecule has 0 bridgehead atoms. The normalized spacial score (nSPS) is 15.4. The van der Waals surface area contributed by atoms with E-state index in [1.54, 1.807) is 6.20 Å². The summed E-state index contributed by atoms with van der Waals surface area (Å²) in [6, 6.07) is 7.78. The second-order valence-corrected chi connectivity index (χ2v) is 5.96. The van der Waals surface area contributed by atoms with Crippen molar-refractivity contribution in [3.8, 4) is 0 Å². The summed E-state index contributed by atoms with van der Waals surface area (Å²) in [5.41, 5.74) is 1.15. The summed E-state index contributed by atoms with van der Waals surface area (Å²) in [6.07, 6.45) is 6.64. The zero-order valence-corrected chi connectivity index (χ0v) is 13.3. The molecule has 1 fully saturated rings. The van der Waals surface area contributed by atoms with Crippen LogP contribution in [0.1, 0.15) is 31.2 Å². The van der Waals surface area contributed by atoms with Crippen molar-refractivity contribution in [2.24, 2.45) is 0 Å². The SMILES string of the molecule is Clc1ccc(CNc2cnnc(N3CCCCCC3)n2)cc1. The molecule has 2 heterocycles.